The van der Waals surface area contributed by atoms with Gasteiger partial charge in [-0.2, -0.15) is 0 Å². The van der Waals surface area contributed by atoms with E-state index in [0.29, 0.717) is 23.2 Å². The van der Waals surface area contributed by atoms with Crippen molar-refractivity contribution in [3.63, 3.8) is 0 Å². The Kier molecular flexibility index (Phi) is 8.77. The van der Waals surface area contributed by atoms with Crippen molar-refractivity contribution in [2.45, 2.75) is 19.3 Å². The minimum Gasteiger partial charge on any atom is -0.367 e. The van der Waals surface area contributed by atoms with Gasteiger partial charge < -0.3 is 14.6 Å². The Balaban J connectivity index is 1.38. The highest BCUT2D eigenvalue weighted by Crippen LogP contribution is 2.30. The van der Waals surface area contributed by atoms with Crippen LogP contribution in [0.5, 0.6) is 0 Å². The molecule has 4 rings (SSSR count). The van der Waals surface area contributed by atoms with Crippen LogP contribution >= 0.6 is 39.1 Å². The first-order valence-electron chi connectivity index (χ1n) is 10.8. The largest absolute Gasteiger partial charge is 0.367 e. The molecule has 0 saturated carbocycles. The maximum Gasteiger partial charge on any atom is 0.248 e. The molecule has 0 aliphatic rings. The molecule has 35 heavy (non-hydrogen) atoms. The van der Waals surface area contributed by atoms with Crippen LogP contribution in [-0.4, -0.2) is 15.5 Å². The minimum absolute atomic E-state index is 0.197. The van der Waals surface area contributed by atoms with Gasteiger partial charge in [-0.25, -0.2) is 4.98 Å². The average Bonchev–Trinajstić information content (AvgIpc) is 3.35. The topological polar surface area (TPSA) is 56.2 Å². The number of rotatable bonds is 9. The van der Waals surface area contributed by atoms with Crippen LogP contribution < -0.4 is 5.32 Å². The fraction of sp³-hybridized carbons (Fsp3) is 0.111. The third-order valence-corrected chi connectivity index (χ3v) is 6.25. The number of nitrogens with zero attached hydrogens (tertiary/aromatic N) is 2. The summed E-state index contributed by atoms with van der Waals surface area (Å²) in [5.41, 5.74) is 3.50. The summed E-state index contributed by atoms with van der Waals surface area (Å²) >= 11 is 15.9. The van der Waals surface area contributed by atoms with Crippen LogP contribution in [0, 0.1) is 0 Å². The van der Waals surface area contributed by atoms with Gasteiger partial charge in [0.1, 0.15) is 6.10 Å². The van der Waals surface area contributed by atoms with Gasteiger partial charge in [-0.05, 0) is 47.5 Å². The number of benzene rings is 3. The first-order chi connectivity index (χ1) is 17.0. The van der Waals surface area contributed by atoms with Crippen molar-refractivity contribution in [2.75, 3.05) is 5.32 Å². The third-order valence-electron chi connectivity index (χ3n) is 5.20. The highest BCUT2D eigenvalue weighted by molar-refractivity contribution is 9.10. The molecule has 0 bridgehead atoms. The summed E-state index contributed by atoms with van der Waals surface area (Å²) in [6.07, 6.45) is 8.35. The van der Waals surface area contributed by atoms with E-state index in [1.165, 1.54) is 6.08 Å². The number of halogens is 3. The van der Waals surface area contributed by atoms with Crippen LogP contribution in [0.4, 0.5) is 5.69 Å². The minimum atomic E-state index is -0.282. The second-order valence-electron chi connectivity index (χ2n) is 7.80. The summed E-state index contributed by atoms with van der Waals surface area (Å²) in [6.45, 7) is 0.959. The number of carbonyl (C=O) groups is 1. The van der Waals surface area contributed by atoms with E-state index in [4.69, 9.17) is 27.9 Å². The van der Waals surface area contributed by atoms with Gasteiger partial charge in [0, 0.05) is 44.2 Å². The van der Waals surface area contributed by atoms with E-state index in [0.717, 1.165) is 26.9 Å². The normalized spacial score (nSPS) is 12.1. The highest BCUT2D eigenvalue weighted by atomic mass is 79.9. The van der Waals surface area contributed by atoms with E-state index in [-0.39, 0.29) is 12.0 Å². The van der Waals surface area contributed by atoms with E-state index in [9.17, 15) is 4.79 Å². The lowest BCUT2D eigenvalue weighted by Crippen LogP contribution is -2.12. The monoisotopic (exact) mass is 569 g/mol. The predicted octanol–water partition coefficient (Wildman–Crippen LogP) is 7.56. The molecular weight excluding hydrogens is 549 g/mol. The van der Waals surface area contributed by atoms with E-state index < -0.39 is 0 Å². The molecule has 0 saturated heterocycles. The fourth-order valence-electron chi connectivity index (χ4n) is 3.43. The van der Waals surface area contributed by atoms with Crippen LogP contribution in [-0.2, 0) is 22.7 Å². The van der Waals surface area contributed by atoms with Crippen molar-refractivity contribution >= 4 is 56.8 Å². The molecule has 1 heterocycles. The maximum atomic E-state index is 12.2. The van der Waals surface area contributed by atoms with Crippen molar-refractivity contribution < 1.29 is 9.53 Å². The molecule has 1 amide bonds. The number of hydrogen-bond acceptors (Lipinski definition) is 3. The maximum absolute atomic E-state index is 12.2. The SMILES string of the molecule is O=C(/C=C/c1ccc(COC(Cn2ccnc2)c2ccc(Cl)cc2Cl)cc1)Nc1cccc(Br)c1. The summed E-state index contributed by atoms with van der Waals surface area (Å²) in [7, 11) is 0. The molecule has 4 aromatic rings. The second kappa shape index (κ2) is 12.2. The number of nitrogens with one attached hydrogen (secondary N) is 1. The molecule has 8 heteroatoms. The fourth-order valence-corrected chi connectivity index (χ4v) is 4.36. The molecule has 1 aromatic heterocycles. The van der Waals surface area contributed by atoms with E-state index in [1.807, 2.05) is 65.4 Å². The van der Waals surface area contributed by atoms with E-state index >= 15 is 0 Å². The molecule has 5 nitrogen and oxygen atoms in total. The van der Waals surface area contributed by atoms with Crippen molar-refractivity contribution in [3.8, 4) is 0 Å². The lowest BCUT2D eigenvalue weighted by Gasteiger charge is -2.20. The van der Waals surface area contributed by atoms with Gasteiger partial charge in [0.05, 0.1) is 19.5 Å². The third kappa shape index (κ3) is 7.54. The quantitative estimate of drug-likeness (QED) is 0.211. The van der Waals surface area contributed by atoms with Crippen LogP contribution in [0.1, 0.15) is 22.8 Å². The molecule has 178 valence electrons. The van der Waals surface area contributed by atoms with Crippen molar-refractivity contribution in [1.29, 1.82) is 0 Å². The molecule has 0 aliphatic carbocycles. The molecule has 3 aromatic carbocycles. The lowest BCUT2D eigenvalue weighted by molar-refractivity contribution is -0.111. The Morgan fingerprint density at radius 3 is 2.66 bits per heavy atom. The van der Waals surface area contributed by atoms with Crippen LogP contribution in [0.15, 0.2) is 96.0 Å². The molecule has 0 radical (unpaired) electrons. The van der Waals surface area contributed by atoms with Gasteiger partial charge in [-0.1, -0.05) is 75.5 Å². The summed E-state index contributed by atoms with van der Waals surface area (Å²) in [5.74, 6) is -0.197. The number of amides is 1. The van der Waals surface area contributed by atoms with Gasteiger partial charge in [-0.3, -0.25) is 4.79 Å². The molecule has 1 N–H and O–H groups in total. The average molecular weight is 571 g/mol. The summed E-state index contributed by atoms with van der Waals surface area (Å²) in [4.78, 5) is 16.3. The van der Waals surface area contributed by atoms with Gasteiger partial charge in [0.2, 0.25) is 5.91 Å². The molecular formula is C27H22BrCl2N3O2. The van der Waals surface area contributed by atoms with Gasteiger partial charge >= 0.3 is 0 Å². The zero-order valence-corrected chi connectivity index (χ0v) is 21.7. The Hall–Kier alpha value is -2.90. The summed E-state index contributed by atoms with van der Waals surface area (Å²) in [6, 6.07) is 20.7. The molecule has 1 atom stereocenters. The van der Waals surface area contributed by atoms with Gasteiger partial charge in [0.15, 0.2) is 0 Å². The number of ether oxygens (including phenoxy) is 1. The first-order valence-corrected chi connectivity index (χ1v) is 12.4. The Morgan fingerprint density at radius 1 is 1.11 bits per heavy atom. The number of carbonyl (C=O) groups excluding carboxylic acids is 1. The standard InChI is InChI=1S/C27H22BrCl2N3O2/c28-21-2-1-3-23(14-21)32-27(34)11-8-19-4-6-20(7-5-19)17-35-26(16-33-13-12-31-18-33)24-10-9-22(29)15-25(24)30/h1-15,18,26H,16-17H2,(H,32,34)/b11-8+. The zero-order chi connectivity index (χ0) is 24.6. The molecule has 0 aliphatic heterocycles. The van der Waals surface area contributed by atoms with Crippen molar-refractivity contribution in [3.05, 3.63) is 123 Å². The number of aromatic nitrogens is 2. The van der Waals surface area contributed by atoms with Crippen LogP contribution in [0.3, 0.4) is 0 Å². The van der Waals surface area contributed by atoms with Gasteiger partial charge in [0.25, 0.3) is 0 Å². The van der Waals surface area contributed by atoms with Crippen LogP contribution in [0.2, 0.25) is 10.0 Å². The Morgan fingerprint density at radius 2 is 1.94 bits per heavy atom. The second-order valence-corrected chi connectivity index (χ2v) is 9.56. The number of imidazole rings is 1. The van der Waals surface area contributed by atoms with Crippen molar-refractivity contribution in [1.82, 2.24) is 9.55 Å². The molecule has 0 fully saturated rings. The first kappa shape index (κ1) is 25.2. The Labute approximate surface area is 222 Å². The lowest BCUT2D eigenvalue weighted by atomic mass is 10.1. The summed E-state index contributed by atoms with van der Waals surface area (Å²) in [5, 5.41) is 3.97. The highest BCUT2D eigenvalue weighted by Gasteiger charge is 2.17. The molecule has 0 spiro atoms. The molecule has 1 unspecified atom stereocenters. The number of hydrogen-bond donors (Lipinski definition) is 1. The summed E-state index contributed by atoms with van der Waals surface area (Å²) < 4.78 is 9.11. The van der Waals surface area contributed by atoms with Crippen molar-refractivity contribution in [2.24, 2.45) is 0 Å². The van der Waals surface area contributed by atoms with E-state index in [1.54, 1.807) is 30.7 Å². The predicted molar refractivity (Wildman–Crippen MR) is 144 cm³/mol. The number of anilines is 1. The van der Waals surface area contributed by atoms with Gasteiger partial charge in [-0.15, -0.1) is 0 Å². The van der Waals surface area contributed by atoms with E-state index in [2.05, 4.69) is 26.2 Å². The Bertz CT molecular complexity index is 1310. The zero-order valence-electron chi connectivity index (χ0n) is 18.6. The smallest absolute Gasteiger partial charge is 0.248 e. The van der Waals surface area contributed by atoms with Crippen LogP contribution in [0.25, 0.3) is 6.08 Å².